The van der Waals surface area contributed by atoms with E-state index in [1.54, 1.807) is 25.1 Å². The van der Waals surface area contributed by atoms with Crippen LogP contribution in [0.5, 0.6) is 5.75 Å². The van der Waals surface area contributed by atoms with E-state index in [1.165, 1.54) is 38.3 Å². The highest BCUT2D eigenvalue weighted by atomic mass is 19.4. The molecular weight excluding hydrogens is 491 g/mol. The number of ether oxygens (including phenoxy) is 1. The number of carboxylic acids is 2. The molecule has 3 rings (SSSR count). The standard InChI is InChI=1S/C27H24F3NO6/c1-15-5-4-6-18(11-19-7-8-20(25(32)33)12-21(19)26(34)35)22(15)14-37-24-10-9-17(16(2)31-36-3)13-23(24)27(28,29)30/h4-10,12-13H,11,14H2,1-3H3,(H,32,33)(H,34,35). The van der Waals surface area contributed by atoms with Gasteiger partial charge in [-0.2, -0.15) is 13.2 Å². The third kappa shape index (κ3) is 6.46. The lowest BCUT2D eigenvalue weighted by Crippen LogP contribution is -2.12. The first-order valence-electron chi connectivity index (χ1n) is 11.0. The number of halogens is 3. The van der Waals surface area contributed by atoms with Crippen molar-refractivity contribution in [3.8, 4) is 5.75 Å². The molecule has 0 saturated carbocycles. The number of alkyl halides is 3. The van der Waals surface area contributed by atoms with Gasteiger partial charge in [-0.1, -0.05) is 29.4 Å². The van der Waals surface area contributed by atoms with Gasteiger partial charge in [0.1, 0.15) is 19.5 Å². The monoisotopic (exact) mass is 515 g/mol. The van der Waals surface area contributed by atoms with E-state index in [0.29, 0.717) is 16.7 Å². The molecule has 0 aliphatic heterocycles. The van der Waals surface area contributed by atoms with Gasteiger partial charge in [0.2, 0.25) is 0 Å². The number of nitrogens with zero attached hydrogens (tertiary/aromatic N) is 1. The second-order valence-corrected chi connectivity index (χ2v) is 8.23. The van der Waals surface area contributed by atoms with Gasteiger partial charge in [0.25, 0.3) is 0 Å². The molecular formula is C27H24F3NO6. The SMILES string of the molecule is CON=C(C)c1ccc(OCc2c(C)cccc2Cc2ccc(C(=O)O)cc2C(=O)O)c(C(F)(F)F)c1. The summed E-state index contributed by atoms with van der Waals surface area (Å²) in [5.41, 5.74) is 1.52. The Bertz CT molecular complexity index is 1360. The maximum Gasteiger partial charge on any atom is 0.419 e. The van der Waals surface area contributed by atoms with Gasteiger partial charge in [-0.3, -0.25) is 0 Å². The van der Waals surface area contributed by atoms with Crippen molar-refractivity contribution in [1.29, 1.82) is 0 Å². The topological polar surface area (TPSA) is 105 Å². The van der Waals surface area contributed by atoms with Crippen LogP contribution in [0.15, 0.2) is 59.8 Å². The molecule has 0 bridgehead atoms. The summed E-state index contributed by atoms with van der Waals surface area (Å²) in [4.78, 5) is 27.7. The molecule has 0 atom stereocenters. The van der Waals surface area contributed by atoms with E-state index in [4.69, 9.17) is 4.74 Å². The fraction of sp³-hybridized carbons (Fsp3) is 0.222. The molecule has 37 heavy (non-hydrogen) atoms. The zero-order valence-electron chi connectivity index (χ0n) is 20.2. The van der Waals surface area contributed by atoms with Crippen LogP contribution in [0.4, 0.5) is 13.2 Å². The van der Waals surface area contributed by atoms with Crippen LogP contribution in [0.25, 0.3) is 0 Å². The van der Waals surface area contributed by atoms with Crippen molar-refractivity contribution in [2.75, 3.05) is 7.11 Å². The van der Waals surface area contributed by atoms with Crippen molar-refractivity contribution in [3.05, 3.63) is 99.1 Å². The Hall–Kier alpha value is -4.34. The van der Waals surface area contributed by atoms with E-state index in [0.717, 1.165) is 17.7 Å². The van der Waals surface area contributed by atoms with Crippen molar-refractivity contribution >= 4 is 17.7 Å². The lowest BCUT2D eigenvalue weighted by Gasteiger charge is -2.18. The van der Waals surface area contributed by atoms with Gasteiger partial charge in [-0.05, 0) is 78.4 Å². The van der Waals surface area contributed by atoms with Crippen LogP contribution >= 0.6 is 0 Å². The number of carboxylic acid groups (broad SMARTS) is 2. The van der Waals surface area contributed by atoms with Gasteiger partial charge >= 0.3 is 18.1 Å². The molecule has 0 fully saturated rings. The third-order valence-corrected chi connectivity index (χ3v) is 5.78. The van der Waals surface area contributed by atoms with Crippen LogP contribution in [0.3, 0.4) is 0 Å². The van der Waals surface area contributed by atoms with Crippen LogP contribution in [0, 0.1) is 6.92 Å². The molecule has 3 aromatic carbocycles. The number of rotatable bonds is 9. The molecule has 7 nitrogen and oxygen atoms in total. The smallest absolute Gasteiger partial charge is 0.419 e. The van der Waals surface area contributed by atoms with Gasteiger partial charge in [0, 0.05) is 0 Å². The summed E-state index contributed by atoms with van der Waals surface area (Å²) in [5, 5.41) is 22.4. The summed E-state index contributed by atoms with van der Waals surface area (Å²) in [6.07, 6.45) is -4.57. The van der Waals surface area contributed by atoms with Gasteiger partial charge in [0.05, 0.1) is 22.4 Å². The fourth-order valence-corrected chi connectivity index (χ4v) is 3.85. The van der Waals surface area contributed by atoms with E-state index >= 15 is 0 Å². The molecule has 0 aliphatic carbocycles. The minimum atomic E-state index is -4.68. The number of oxime groups is 1. The highest BCUT2D eigenvalue weighted by Gasteiger charge is 2.35. The van der Waals surface area contributed by atoms with Crippen LogP contribution in [-0.2, 0) is 24.0 Å². The number of hydrogen-bond acceptors (Lipinski definition) is 5. The summed E-state index contributed by atoms with van der Waals surface area (Å²) < 4.78 is 47.1. The Balaban J connectivity index is 1.96. The number of carbonyl (C=O) groups is 2. The summed E-state index contributed by atoms with van der Waals surface area (Å²) in [5.74, 6) is -2.91. The average molecular weight is 515 g/mol. The second kappa shape index (κ2) is 11.2. The number of aryl methyl sites for hydroxylation is 1. The Morgan fingerprint density at radius 1 is 0.946 bits per heavy atom. The zero-order valence-corrected chi connectivity index (χ0v) is 20.2. The maximum absolute atomic E-state index is 13.8. The minimum absolute atomic E-state index is 0.111. The lowest BCUT2D eigenvalue weighted by atomic mass is 9.93. The number of hydrogen-bond donors (Lipinski definition) is 2. The summed E-state index contributed by atoms with van der Waals surface area (Å²) in [7, 11) is 1.30. The van der Waals surface area contributed by atoms with Gasteiger partial charge in [-0.25, -0.2) is 9.59 Å². The van der Waals surface area contributed by atoms with Crippen molar-refractivity contribution < 1.29 is 42.5 Å². The fourth-order valence-electron chi connectivity index (χ4n) is 3.85. The van der Waals surface area contributed by atoms with Crippen molar-refractivity contribution in [1.82, 2.24) is 0 Å². The van der Waals surface area contributed by atoms with Crippen LogP contribution in [0.1, 0.15) is 61.0 Å². The Morgan fingerprint density at radius 2 is 1.65 bits per heavy atom. The summed E-state index contributed by atoms with van der Waals surface area (Å²) in [6, 6.07) is 12.7. The quantitative estimate of drug-likeness (QED) is 0.270. The van der Waals surface area contributed by atoms with Crippen LogP contribution in [0.2, 0.25) is 0 Å². The molecule has 2 N–H and O–H groups in total. The molecule has 10 heteroatoms. The summed E-state index contributed by atoms with van der Waals surface area (Å²) in [6.45, 7) is 3.09. The zero-order chi connectivity index (χ0) is 27.3. The van der Waals surface area contributed by atoms with Gasteiger partial charge < -0.3 is 19.8 Å². The molecule has 194 valence electrons. The predicted molar refractivity (Wildman–Crippen MR) is 129 cm³/mol. The Labute approximate surface area is 210 Å². The summed E-state index contributed by atoms with van der Waals surface area (Å²) >= 11 is 0. The molecule has 0 aromatic heterocycles. The van der Waals surface area contributed by atoms with E-state index in [2.05, 4.69) is 9.99 Å². The normalized spacial score (nSPS) is 11.8. The molecule has 0 amide bonds. The first kappa shape index (κ1) is 27.3. The van der Waals surface area contributed by atoms with Crippen LogP contribution < -0.4 is 4.74 Å². The first-order chi connectivity index (χ1) is 17.4. The van der Waals surface area contributed by atoms with Gasteiger partial charge in [0.15, 0.2) is 0 Å². The van der Waals surface area contributed by atoms with Gasteiger partial charge in [-0.15, -0.1) is 0 Å². The Morgan fingerprint density at radius 3 is 2.27 bits per heavy atom. The largest absolute Gasteiger partial charge is 0.488 e. The van der Waals surface area contributed by atoms with Crippen LogP contribution in [-0.4, -0.2) is 35.0 Å². The highest BCUT2D eigenvalue weighted by Crippen LogP contribution is 2.37. The number of benzene rings is 3. The Kier molecular flexibility index (Phi) is 8.21. The predicted octanol–water partition coefficient (Wildman–Crippen LogP) is 5.95. The number of aromatic carboxylic acids is 2. The molecule has 0 spiro atoms. The van der Waals surface area contributed by atoms with E-state index in [9.17, 15) is 33.0 Å². The van der Waals surface area contributed by atoms with Crippen molar-refractivity contribution in [3.63, 3.8) is 0 Å². The average Bonchev–Trinajstić information content (AvgIpc) is 2.83. The second-order valence-electron chi connectivity index (χ2n) is 8.23. The molecule has 0 unspecified atom stereocenters. The molecule has 3 aromatic rings. The molecule has 0 aliphatic rings. The van der Waals surface area contributed by atoms with E-state index < -0.39 is 23.7 Å². The third-order valence-electron chi connectivity index (χ3n) is 5.78. The molecule has 0 saturated heterocycles. The molecule has 0 heterocycles. The van der Waals surface area contributed by atoms with Crippen molar-refractivity contribution in [2.24, 2.45) is 5.16 Å². The highest BCUT2D eigenvalue weighted by molar-refractivity contribution is 5.98. The lowest BCUT2D eigenvalue weighted by molar-refractivity contribution is -0.139. The first-order valence-corrected chi connectivity index (χ1v) is 11.0. The minimum Gasteiger partial charge on any atom is -0.488 e. The van der Waals surface area contributed by atoms with Crippen molar-refractivity contribution in [2.45, 2.75) is 33.1 Å². The maximum atomic E-state index is 13.8. The van der Waals surface area contributed by atoms with E-state index in [-0.39, 0.29) is 41.2 Å². The van der Waals surface area contributed by atoms with E-state index in [1.807, 2.05) is 0 Å². The molecule has 0 radical (unpaired) electrons.